The minimum absolute atomic E-state index is 0.159. The average molecular weight is 344 g/mol. The molecule has 0 aromatic heterocycles. The van der Waals surface area contributed by atoms with Gasteiger partial charge in [-0.1, -0.05) is 18.2 Å². The van der Waals surface area contributed by atoms with E-state index in [0.717, 1.165) is 5.56 Å². The van der Waals surface area contributed by atoms with Gasteiger partial charge in [0.2, 0.25) is 5.91 Å². The van der Waals surface area contributed by atoms with Gasteiger partial charge in [-0.3, -0.25) is 9.59 Å². The lowest BCUT2D eigenvalue weighted by molar-refractivity contribution is -0.118. The van der Waals surface area contributed by atoms with Crippen molar-refractivity contribution >= 4 is 17.5 Å². The second-order valence-corrected chi connectivity index (χ2v) is 6.05. The molecular weight excluding hydrogens is 323 g/mol. The Hall–Kier alpha value is -2.73. The molecule has 2 rings (SSSR count). The standard InChI is InChI=1S/C19H21FN2O3/c1-12-7-8-15(10-16(12)19(25)22(2)3)21-18(24)11-17(23)13-5-4-6-14(20)9-13/h4-10,17,23H,11H2,1-3H3,(H,21,24). The lowest BCUT2D eigenvalue weighted by Gasteiger charge is -2.15. The average Bonchev–Trinajstić information content (AvgIpc) is 2.55. The fourth-order valence-electron chi connectivity index (χ4n) is 2.39. The third-order valence-electron chi connectivity index (χ3n) is 3.77. The Kier molecular flexibility index (Phi) is 5.88. The van der Waals surface area contributed by atoms with E-state index >= 15 is 0 Å². The number of carbonyl (C=O) groups is 2. The molecule has 2 N–H and O–H groups in total. The highest BCUT2D eigenvalue weighted by atomic mass is 19.1. The van der Waals surface area contributed by atoms with Crippen LogP contribution in [-0.4, -0.2) is 35.9 Å². The van der Waals surface area contributed by atoms with Crippen molar-refractivity contribution in [2.24, 2.45) is 0 Å². The molecule has 0 spiro atoms. The van der Waals surface area contributed by atoms with Gasteiger partial charge in [-0.15, -0.1) is 0 Å². The molecule has 1 unspecified atom stereocenters. The first-order valence-electron chi connectivity index (χ1n) is 7.83. The number of aryl methyl sites for hydroxylation is 1. The topological polar surface area (TPSA) is 69.6 Å². The minimum atomic E-state index is -1.11. The molecule has 0 fully saturated rings. The van der Waals surface area contributed by atoms with Crippen molar-refractivity contribution in [2.75, 3.05) is 19.4 Å². The quantitative estimate of drug-likeness (QED) is 0.876. The molecule has 0 aliphatic carbocycles. The van der Waals surface area contributed by atoms with Gasteiger partial charge in [0.15, 0.2) is 0 Å². The monoisotopic (exact) mass is 344 g/mol. The van der Waals surface area contributed by atoms with Crippen LogP contribution in [0.1, 0.15) is 34.0 Å². The zero-order valence-corrected chi connectivity index (χ0v) is 14.4. The Morgan fingerprint density at radius 2 is 1.92 bits per heavy atom. The fourth-order valence-corrected chi connectivity index (χ4v) is 2.39. The van der Waals surface area contributed by atoms with E-state index in [4.69, 9.17) is 0 Å². The highest BCUT2D eigenvalue weighted by molar-refractivity contribution is 5.98. The van der Waals surface area contributed by atoms with Crippen molar-refractivity contribution in [3.8, 4) is 0 Å². The summed E-state index contributed by atoms with van der Waals surface area (Å²) in [5.74, 6) is -1.06. The molecule has 0 radical (unpaired) electrons. The van der Waals surface area contributed by atoms with E-state index in [1.54, 1.807) is 38.4 Å². The lowest BCUT2D eigenvalue weighted by Crippen LogP contribution is -2.23. The maximum atomic E-state index is 13.2. The first-order chi connectivity index (χ1) is 11.8. The Morgan fingerprint density at radius 3 is 2.56 bits per heavy atom. The zero-order valence-electron chi connectivity index (χ0n) is 14.4. The highest BCUT2D eigenvalue weighted by Crippen LogP contribution is 2.20. The summed E-state index contributed by atoms with van der Waals surface area (Å²) >= 11 is 0. The second kappa shape index (κ2) is 7.90. The molecule has 2 aromatic rings. The number of aliphatic hydroxyl groups excluding tert-OH is 1. The first kappa shape index (κ1) is 18.6. The third-order valence-corrected chi connectivity index (χ3v) is 3.77. The predicted molar refractivity (Wildman–Crippen MR) is 93.8 cm³/mol. The molecule has 25 heavy (non-hydrogen) atoms. The van der Waals surface area contributed by atoms with Crippen LogP contribution in [0.4, 0.5) is 10.1 Å². The summed E-state index contributed by atoms with van der Waals surface area (Å²) in [6, 6.07) is 10.5. The van der Waals surface area contributed by atoms with E-state index < -0.39 is 17.8 Å². The van der Waals surface area contributed by atoms with E-state index in [-0.39, 0.29) is 12.3 Å². The van der Waals surface area contributed by atoms with E-state index in [1.807, 2.05) is 6.92 Å². The molecule has 0 saturated heterocycles. The molecular formula is C19H21FN2O3. The van der Waals surface area contributed by atoms with Gasteiger partial charge >= 0.3 is 0 Å². The van der Waals surface area contributed by atoms with Crippen LogP contribution in [0.25, 0.3) is 0 Å². The van der Waals surface area contributed by atoms with Crippen LogP contribution in [0.5, 0.6) is 0 Å². The SMILES string of the molecule is Cc1ccc(NC(=O)CC(O)c2cccc(F)c2)cc1C(=O)N(C)C. The minimum Gasteiger partial charge on any atom is -0.388 e. The summed E-state index contributed by atoms with van der Waals surface area (Å²) in [7, 11) is 3.31. The Bertz CT molecular complexity index is 790. The molecule has 2 amide bonds. The smallest absolute Gasteiger partial charge is 0.253 e. The van der Waals surface area contributed by atoms with Gasteiger partial charge in [0, 0.05) is 25.3 Å². The number of halogens is 1. The van der Waals surface area contributed by atoms with Crippen molar-refractivity contribution in [2.45, 2.75) is 19.4 Å². The number of anilines is 1. The van der Waals surface area contributed by atoms with Crippen molar-refractivity contribution < 1.29 is 19.1 Å². The van der Waals surface area contributed by atoms with Gasteiger partial charge in [-0.25, -0.2) is 4.39 Å². The summed E-state index contributed by atoms with van der Waals surface area (Å²) in [6.07, 6.45) is -1.32. The van der Waals surface area contributed by atoms with Gasteiger partial charge in [0.25, 0.3) is 5.91 Å². The molecule has 5 nitrogen and oxygen atoms in total. The lowest BCUT2D eigenvalue weighted by atomic mass is 10.1. The van der Waals surface area contributed by atoms with Gasteiger partial charge in [0.1, 0.15) is 5.82 Å². The normalized spacial score (nSPS) is 11.7. The number of benzene rings is 2. The van der Waals surface area contributed by atoms with Crippen LogP contribution < -0.4 is 5.32 Å². The van der Waals surface area contributed by atoms with Crippen LogP contribution in [0, 0.1) is 12.7 Å². The Balaban J connectivity index is 2.08. The van der Waals surface area contributed by atoms with E-state index in [0.29, 0.717) is 16.8 Å². The van der Waals surface area contributed by atoms with Crippen LogP contribution >= 0.6 is 0 Å². The number of hydrogen-bond donors (Lipinski definition) is 2. The number of nitrogens with zero attached hydrogens (tertiary/aromatic N) is 1. The zero-order chi connectivity index (χ0) is 18.6. The molecule has 0 aliphatic heterocycles. The van der Waals surface area contributed by atoms with Crippen molar-refractivity contribution in [3.63, 3.8) is 0 Å². The van der Waals surface area contributed by atoms with Crippen molar-refractivity contribution in [1.29, 1.82) is 0 Å². The van der Waals surface area contributed by atoms with Crippen molar-refractivity contribution in [3.05, 3.63) is 65.0 Å². The molecule has 0 bridgehead atoms. The molecule has 0 saturated carbocycles. The number of hydrogen-bond acceptors (Lipinski definition) is 3. The van der Waals surface area contributed by atoms with Crippen molar-refractivity contribution in [1.82, 2.24) is 4.90 Å². The Morgan fingerprint density at radius 1 is 1.20 bits per heavy atom. The molecule has 2 aromatic carbocycles. The van der Waals surface area contributed by atoms with Gasteiger partial charge < -0.3 is 15.3 Å². The predicted octanol–water partition coefficient (Wildman–Crippen LogP) is 2.90. The largest absolute Gasteiger partial charge is 0.388 e. The van der Waals surface area contributed by atoms with E-state index in [9.17, 15) is 19.1 Å². The summed E-state index contributed by atoms with van der Waals surface area (Å²) in [6.45, 7) is 1.82. The molecule has 1 atom stereocenters. The number of carbonyl (C=O) groups excluding carboxylic acids is 2. The third kappa shape index (κ3) is 4.87. The van der Waals surface area contributed by atoms with Crippen LogP contribution in [0.15, 0.2) is 42.5 Å². The molecule has 0 heterocycles. The molecule has 0 aliphatic rings. The number of aliphatic hydroxyl groups is 1. The number of nitrogens with one attached hydrogen (secondary N) is 1. The second-order valence-electron chi connectivity index (χ2n) is 6.05. The number of rotatable bonds is 5. The van der Waals surface area contributed by atoms with E-state index in [2.05, 4.69) is 5.32 Å². The Labute approximate surface area is 146 Å². The maximum Gasteiger partial charge on any atom is 0.253 e. The highest BCUT2D eigenvalue weighted by Gasteiger charge is 2.16. The summed E-state index contributed by atoms with van der Waals surface area (Å²) in [5.41, 5.74) is 2.10. The van der Waals surface area contributed by atoms with Gasteiger partial charge in [0.05, 0.1) is 12.5 Å². The summed E-state index contributed by atoms with van der Waals surface area (Å²) < 4.78 is 13.2. The first-order valence-corrected chi connectivity index (χ1v) is 7.83. The molecule has 6 heteroatoms. The van der Waals surface area contributed by atoms with Crippen LogP contribution in [-0.2, 0) is 4.79 Å². The number of amides is 2. The fraction of sp³-hybridized carbons (Fsp3) is 0.263. The summed E-state index contributed by atoms with van der Waals surface area (Å²) in [4.78, 5) is 25.7. The van der Waals surface area contributed by atoms with E-state index in [1.165, 1.54) is 23.1 Å². The molecule has 132 valence electrons. The van der Waals surface area contributed by atoms with Crippen LogP contribution in [0.3, 0.4) is 0 Å². The summed E-state index contributed by atoms with van der Waals surface area (Å²) in [5, 5.41) is 12.7. The maximum absolute atomic E-state index is 13.2. The van der Waals surface area contributed by atoms with Gasteiger partial charge in [-0.2, -0.15) is 0 Å². The van der Waals surface area contributed by atoms with Gasteiger partial charge in [-0.05, 0) is 42.3 Å². The van der Waals surface area contributed by atoms with Crippen LogP contribution in [0.2, 0.25) is 0 Å².